The number of imide groups is 1. The number of hydrogen-bond donors (Lipinski definition) is 1. The highest BCUT2D eigenvalue weighted by atomic mass is 32.2. The fourth-order valence-electron chi connectivity index (χ4n) is 3.78. The van der Waals surface area contributed by atoms with E-state index in [1.807, 2.05) is 0 Å². The smallest absolute Gasteiger partial charge is 0.417 e. The van der Waals surface area contributed by atoms with Crippen LogP contribution in [0.25, 0.3) is 0 Å². The molecule has 2 aliphatic heterocycles. The van der Waals surface area contributed by atoms with Gasteiger partial charge >= 0.3 is 6.09 Å². The zero-order valence-electron chi connectivity index (χ0n) is 17.6. The minimum Gasteiger partial charge on any atom is -0.507 e. The number of rotatable bonds is 3. The summed E-state index contributed by atoms with van der Waals surface area (Å²) in [6.45, 7) is 5.12. The van der Waals surface area contributed by atoms with Gasteiger partial charge < -0.3 is 19.3 Å². The van der Waals surface area contributed by atoms with Gasteiger partial charge in [-0.15, -0.1) is 0 Å². The predicted octanol–water partition coefficient (Wildman–Crippen LogP) is 3.54. The molecule has 0 saturated carbocycles. The first-order chi connectivity index (χ1) is 14.6. The summed E-state index contributed by atoms with van der Waals surface area (Å²) in [4.78, 5) is 27.0. The van der Waals surface area contributed by atoms with Crippen LogP contribution in [0, 0.1) is 0 Å². The quantitative estimate of drug-likeness (QED) is 0.771. The van der Waals surface area contributed by atoms with Gasteiger partial charge in [-0.1, -0.05) is 0 Å². The monoisotopic (exact) mass is 445 g/mol. The van der Waals surface area contributed by atoms with E-state index in [1.54, 1.807) is 51.1 Å². The zero-order chi connectivity index (χ0) is 22.5. The summed E-state index contributed by atoms with van der Waals surface area (Å²) in [5, 5.41) is 10.6. The molecule has 1 saturated heterocycles. The third-order valence-corrected chi connectivity index (χ3v) is 6.53. The second-order valence-corrected chi connectivity index (χ2v) is 9.74. The molecule has 2 heterocycles. The number of nitrogens with zero attached hydrogens (tertiary/aromatic N) is 1. The first-order valence-corrected chi connectivity index (χ1v) is 10.9. The minimum atomic E-state index is -1.79. The van der Waals surface area contributed by atoms with Crippen LogP contribution < -0.4 is 9.47 Å². The lowest BCUT2D eigenvalue weighted by molar-refractivity contribution is -0.128. The van der Waals surface area contributed by atoms with Crippen molar-refractivity contribution in [1.82, 2.24) is 4.90 Å². The number of fused-ring (bicyclic) bond motifs is 3. The van der Waals surface area contributed by atoms with Gasteiger partial charge in [0.2, 0.25) is 5.91 Å². The maximum atomic E-state index is 13.4. The molecule has 2 aromatic carbocycles. The van der Waals surface area contributed by atoms with E-state index in [9.17, 15) is 18.9 Å². The standard InChI is InChI=1S/C22H23NO7S/c1-22(2,3)30-21(26)23-17(25)11-16-19(23)18-15(29-16)10-9-14(24)20(18)31(27)13-7-5-12(28-4)6-8-13/h5-10,16,19,24H,11H2,1-4H3/t16-,19+,31?/m1/s1. The van der Waals surface area contributed by atoms with Crippen LogP contribution in [0.2, 0.25) is 0 Å². The molecule has 8 nitrogen and oxygen atoms in total. The fraction of sp³-hybridized carbons (Fsp3) is 0.364. The van der Waals surface area contributed by atoms with Gasteiger partial charge in [0.25, 0.3) is 0 Å². The second-order valence-electron chi connectivity index (χ2n) is 8.32. The third-order valence-electron chi connectivity index (χ3n) is 5.03. The normalized spacial score (nSPS) is 20.6. The van der Waals surface area contributed by atoms with E-state index in [2.05, 4.69) is 0 Å². The Morgan fingerprint density at radius 1 is 1.19 bits per heavy atom. The molecule has 1 fully saturated rings. The molecular weight excluding hydrogens is 422 g/mol. The van der Waals surface area contributed by atoms with Crippen LogP contribution >= 0.6 is 0 Å². The topological polar surface area (TPSA) is 102 Å². The van der Waals surface area contributed by atoms with Gasteiger partial charge in [0.1, 0.15) is 35.0 Å². The van der Waals surface area contributed by atoms with E-state index < -0.39 is 40.5 Å². The third kappa shape index (κ3) is 3.74. The Balaban J connectivity index is 1.78. The molecule has 0 aromatic heterocycles. The molecule has 31 heavy (non-hydrogen) atoms. The van der Waals surface area contributed by atoms with Crippen LogP contribution in [-0.2, 0) is 20.3 Å². The van der Waals surface area contributed by atoms with Crippen molar-refractivity contribution < 1.29 is 33.1 Å². The average molecular weight is 445 g/mol. The van der Waals surface area contributed by atoms with E-state index in [0.29, 0.717) is 22.0 Å². The molecule has 0 spiro atoms. The maximum absolute atomic E-state index is 13.4. The van der Waals surface area contributed by atoms with Crippen molar-refractivity contribution in [2.75, 3.05) is 7.11 Å². The molecule has 2 aromatic rings. The van der Waals surface area contributed by atoms with Crippen molar-refractivity contribution in [1.29, 1.82) is 0 Å². The Bertz CT molecular complexity index is 1070. The molecule has 1 N–H and O–H groups in total. The molecule has 164 valence electrons. The van der Waals surface area contributed by atoms with Gasteiger partial charge in [0, 0.05) is 10.5 Å². The van der Waals surface area contributed by atoms with Crippen LogP contribution in [0.5, 0.6) is 17.2 Å². The van der Waals surface area contributed by atoms with Gasteiger partial charge in [0.05, 0.1) is 29.2 Å². The first-order valence-electron chi connectivity index (χ1n) is 9.74. The number of phenolic OH excluding ortho intramolecular Hbond substituents is 1. The van der Waals surface area contributed by atoms with Gasteiger partial charge in [0.15, 0.2) is 0 Å². The van der Waals surface area contributed by atoms with Gasteiger partial charge in [-0.2, -0.15) is 0 Å². The van der Waals surface area contributed by atoms with Crippen molar-refractivity contribution in [2.24, 2.45) is 0 Å². The SMILES string of the molecule is COc1ccc(S(=O)c2c(O)ccc3c2[C@@H]2[C@@H](CC(=O)N2C(=O)OC(C)(C)C)O3)cc1. The van der Waals surface area contributed by atoms with E-state index in [1.165, 1.54) is 13.2 Å². The van der Waals surface area contributed by atoms with Crippen LogP contribution in [0.4, 0.5) is 4.79 Å². The largest absolute Gasteiger partial charge is 0.507 e. The molecule has 0 aliphatic carbocycles. The van der Waals surface area contributed by atoms with Gasteiger partial charge in [-0.25, -0.2) is 13.9 Å². The minimum absolute atomic E-state index is 0.0199. The Kier molecular flexibility index (Phi) is 5.17. The average Bonchev–Trinajstić information content (AvgIpc) is 3.20. The van der Waals surface area contributed by atoms with E-state index in [4.69, 9.17) is 14.2 Å². The Hall–Kier alpha value is -3.07. The lowest BCUT2D eigenvalue weighted by Crippen LogP contribution is -2.39. The van der Waals surface area contributed by atoms with Gasteiger partial charge in [-0.05, 0) is 57.2 Å². The fourth-order valence-corrected chi connectivity index (χ4v) is 5.08. The Labute approximate surface area is 182 Å². The van der Waals surface area contributed by atoms with E-state index >= 15 is 0 Å². The van der Waals surface area contributed by atoms with Crippen LogP contribution in [0.3, 0.4) is 0 Å². The summed E-state index contributed by atoms with van der Waals surface area (Å²) in [7, 11) is -0.264. The number of methoxy groups -OCH3 is 1. The number of phenols is 1. The van der Waals surface area contributed by atoms with Crippen LogP contribution in [0.15, 0.2) is 46.2 Å². The number of amides is 2. The molecule has 4 rings (SSSR count). The number of aromatic hydroxyl groups is 1. The predicted molar refractivity (Wildman–Crippen MR) is 111 cm³/mol. The summed E-state index contributed by atoms with van der Waals surface area (Å²) >= 11 is 0. The lowest BCUT2D eigenvalue weighted by atomic mass is 10.0. The number of likely N-dealkylation sites (tertiary alicyclic amines) is 1. The number of carbonyl (C=O) groups is 2. The van der Waals surface area contributed by atoms with Crippen molar-refractivity contribution in [3.8, 4) is 17.2 Å². The lowest BCUT2D eigenvalue weighted by Gasteiger charge is -2.27. The maximum Gasteiger partial charge on any atom is 0.417 e. The zero-order valence-corrected chi connectivity index (χ0v) is 18.4. The highest BCUT2D eigenvalue weighted by molar-refractivity contribution is 7.85. The summed E-state index contributed by atoms with van der Waals surface area (Å²) in [6.07, 6.45) is -1.46. The number of carbonyl (C=O) groups excluding carboxylic acids is 2. The Morgan fingerprint density at radius 3 is 2.48 bits per heavy atom. The molecular formula is C22H23NO7S. The van der Waals surface area contributed by atoms with Crippen molar-refractivity contribution in [3.05, 3.63) is 42.0 Å². The molecule has 3 atom stereocenters. The summed E-state index contributed by atoms with van der Waals surface area (Å²) in [6, 6.07) is 8.71. The van der Waals surface area contributed by atoms with E-state index in [0.717, 1.165) is 4.90 Å². The van der Waals surface area contributed by atoms with Crippen LogP contribution in [-0.4, -0.2) is 45.0 Å². The summed E-state index contributed by atoms with van der Waals surface area (Å²) in [5.41, 5.74) is -0.443. The number of ether oxygens (including phenoxy) is 3. The Morgan fingerprint density at radius 2 is 1.87 bits per heavy atom. The van der Waals surface area contributed by atoms with Crippen molar-refractivity contribution in [3.63, 3.8) is 0 Å². The van der Waals surface area contributed by atoms with Crippen LogP contribution in [0.1, 0.15) is 38.8 Å². The van der Waals surface area contributed by atoms with Gasteiger partial charge in [-0.3, -0.25) is 4.79 Å². The number of benzene rings is 2. The number of hydrogen-bond acceptors (Lipinski definition) is 7. The molecule has 0 radical (unpaired) electrons. The summed E-state index contributed by atoms with van der Waals surface area (Å²) in [5.74, 6) is 0.329. The van der Waals surface area contributed by atoms with Crippen molar-refractivity contribution >= 4 is 22.8 Å². The van der Waals surface area contributed by atoms with Crippen molar-refractivity contribution in [2.45, 2.75) is 54.7 Å². The van der Waals surface area contributed by atoms with E-state index in [-0.39, 0.29) is 17.1 Å². The first kappa shape index (κ1) is 21.2. The highest BCUT2D eigenvalue weighted by Crippen LogP contribution is 2.51. The molecule has 0 bridgehead atoms. The molecule has 2 aliphatic rings. The highest BCUT2D eigenvalue weighted by Gasteiger charge is 2.53. The second kappa shape index (κ2) is 7.56. The molecule has 9 heteroatoms. The molecule has 2 amide bonds. The molecule has 1 unspecified atom stereocenters. The summed E-state index contributed by atoms with van der Waals surface area (Å²) < 4.78 is 29.9.